The number of aliphatic carboxylic acids is 1. The molecule has 0 aromatic heterocycles. The van der Waals surface area contributed by atoms with E-state index < -0.39 is 53.3 Å². The predicted octanol–water partition coefficient (Wildman–Crippen LogP) is -0.746. The number of nitrogens with zero attached hydrogens (tertiary/aromatic N) is 1. The Labute approximate surface area is 212 Å². The maximum absolute atomic E-state index is 12.8. The first-order valence-electron chi connectivity index (χ1n) is 12.0. The summed E-state index contributed by atoms with van der Waals surface area (Å²) in [6.07, 6.45) is -4.49. The molecule has 1 aromatic rings. The van der Waals surface area contributed by atoms with Crippen LogP contribution in [0.3, 0.4) is 0 Å². The van der Waals surface area contributed by atoms with E-state index in [0.29, 0.717) is 30.9 Å². The van der Waals surface area contributed by atoms with Gasteiger partial charge in [-0.2, -0.15) is 0 Å². The number of aliphatic hydroxyl groups excluding tert-OH is 2. The number of ether oxygens (including phenoxy) is 4. The van der Waals surface area contributed by atoms with Gasteiger partial charge in [-0.3, -0.25) is 0 Å². The third-order valence-electron chi connectivity index (χ3n) is 8.20. The summed E-state index contributed by atoms with van der Waals surface area (Å²) in [7, 11) is 3.46. The molecule has 37 heavy (non-hydrogen) atoms. The highest BCUT2D eigenvalue weighted by atomic mass is 16.6. The van der Waals surface area contributed by atoms with Gasteiger partial charge in [0.05, 0.1) is 18.1 Å². The van der Waals surface area contributed by atoms with Gasteiger partial charge in [-0.1, -0.05) is 6.07 Å². The van der Waals surface area contributed by atoms with Gasteiger partial charge in [0, 0.05) is 18.0 Å². The number of aliphatic hydroxyl groups is 3. The van der Waals surface area contributed by atoms with E-state index in [1.54, 1.807) is 6.07 Å². The number of carbonyl (C=O) groups excluding carboxylic acids is 2. The molecular weight excluding hydrogens is 490 g/mol. The molecule has 1 aromatic carbocycles. The molecule has 0 saturated carbocycles. The van der Waals surface area contributed by atoms with Gasteiger partial charge >= 0.3 is 17.9 Å². The second-order valence-electron chi connectivity index (χ2n) is 10.0. The van der Waals surface area contributed by atoms with Crippen molar-refractivity contribution in [3.05, 3.63) is 35.1 Å². The van der Waals surface area contributed by atoms with Crippen molar-refractivity contribution in [2.45, 2.75) is 67.7 Å². The average molecular weight is 520 g/mol. The summed E-state index contributed by atoms with van der Waals surface area (Å²) in [5.41, 5.74) is -0.374. The minimum absolute atomic E-state index is 0.0302. The largest absolute Gasteiger partial charge is 0.493 e. The first kappa shape index (κ1) is 25.5. The fourth-order valence-electron chi connectivity index (χ4n) is 6.32. The van der Waals surface area contributed by atoms with E-state index >= 15 is 0 Å². The number of likely N-dealkylation sites (tertiary alicyclic amines) is 1. The van der Waals surface area contributed by atoms with Crippen molar-refractivity contribution in [2.75, 3.05) is 20.7 Å². The van der Waals surface area contributed by atoms with Gasteiger partial charge in [0.2, 0.25) is 0 Å². The number of carboxylic acid groups (broad SMARTS) is 1. The van der Waals surface area contributed by atoms with E-state index in [1.807, 2.05) is 13.1 Å². The molecule has 2 aliphatic heterocycles. The second kappa shape index (κ2) is 8.69. The van der Waals surface area contributed by atoms with E-state index in [2.05, 4.69) is 9.64 Å². The van der Waals surface area contributed by atoms with Crippen LogP contribution in [0, 0.1) is 0 Å². The summed E-state index contributed by atoms with van der Waals surface area (Å²) in [5, 5.41) is 41.4. The summed E-state index contributed by atoms with van der Waals surface area (Å²) < 4.78 is 21.8. The molecule has 12 heteroatoms. The Kier molecular flexibility index (Phi) is 5.98. The van der Waals surface area contributed by atoms with E-state index in [4.69, 9.17) is 19.3 Å². The molecule has 7 atom stereocenters. The van der Waals surface area contributed by atoms with Gasteiger partial charge < -0.3 is 44.3 Å². The summed E-state index contributed by atoms with van der Waals surface area (Å²) in [5.74, 6) is -3.35. The summed E-state index contributed by atoms with van der Waals surface area (Å²) in [6, 6.07) is 3.53. The number of esters is 2. The quantitative estimate of drug-likeness (QED) is 0.333. The van der Waals surface area contributed by atoms with Crippen molar-refractivity contribution in [2.24, 2.45) is 0 Å². The molecule has 12 nitrogen and oxygen atoms in total. The van der Waals surface area contributed by atoms with Crippen LogP contribution in [-0.2, 0) is 35.7 Å². The van der Waals surface area contributed by atoms with Gasteiger partial charge in [0.25, 0.3) is 0 Å². The number of rotatable bonds is 7. The standard InChI is InChI=1S/C25H29NO11/c1-11(21(29)30)35-22(31)17(27)18(28)23(32)36-14-6-7-25(33)15-10-12-4-5-13(34-3)19-16(12)24(25,20(14)37-19)8-9-26(15)2/h4-6,11,15,17-18,20,27-28,33H,7-10H2,1-3H3,(H,29,30)/t11-,15+,17-,18-,20?,24?,25+/m0/s1. The molecular formula is C25H29NO11. The van der Waals surface area contributed by atoms with E-state index in [-0.39, 0.29) is 18.2 Å². The topological polar surface area (TPSA) is 172 Å². The Morgan fingerprint density at radius 3 is 2.57 bits per heavy atom. The molecule has 1 spiro atoms. The molecule has 4 aliphatic rings. The van der Waals surface area contributed by atoms with Crippen LogP contribution >= 0.6 is 0 Å². The SMILES string of the molecule is COc1ccc2c3c1OC1C(OC(=O)[C@@H](O)[C@H](O)C(=O)O[C@@H](C)C(=O)O)=CC[C@@]4(O)[C@@H](C2)N(C)CCC314. The zero-order chi connectivity index (χ0) is 26.9. The smallest absolute Gasteiger partial charge is 0.344 e. The van der Waals surface area contributed by atoms with E-state index in [0.717, 1.165) is 18.1 Å². The van der Waals surface area contributed by atoms with Gasteiger partial charge in [-0.05, 0) is 51.1 Å². The zero-order valence-corrected chi connectivity index (χ0v) is 20.5. The van der Waals surface area contributed by atoms with Crippen molar-refractivity contribution < 1.29 is 53.8 Å². The summed E-state index contributed by atoms with van der Waals surface area (Å²) in [6.45, 7) is 1.71. The molecule has 2 bridgehead atoms. The highest BCUT2D eigenvalue weighted by Gasteiger charge is 2.72. The van der Waals surface area contributed by atoms with Gasteiger partial charge in [0.15, 0.2) is 35.9 Å². The minimum atomic E-state index is -2.37. The van der Waals surface area contributed by atoms with E-state index in [1.165, 1.54) is 13.2 Å². The molecule has 0 radical (unpaired) electrons. The minimum Gasteiger partial charge on any atom is -0.493 e. The first-order valence-corrected chi connectivity index (χ1v) is 12.0. The Hall–Kier alpha value is -3.19. The summed E-state index contributed by atoms with van der Waals surface area (Å²) in [4.78, 5) is 37.8. The van der Waals surface area contributed by atoms with Crippen LogP contribution in [-0.4, -0.2) is 100.0 Å². The predicted molar refractivity (Wildman–Crippen MR) is 123 cm³/mol. The van der Waals surface area contributed by atoms with Crippen molar-refractivity contribution in [1.82, 2.24) is 4.90 Å². The van der Waals surface area contributed by atoms with Crippen molar-refractivity contribution >= 4 is 17.9 Å². The third-order valence-corrected chi connectivity index (χ3v) is 8.20. The maximum atomic E-state index is 12.8. The molecule has 5 rings (SSSR count). The number of hydrogen-bond acceptors (Lipinski definition) is 11. The lowest BCUT2D eigenvalue weighted by molar-refractivity contribution is -0.182. The molecule has 1 fully saturated rings. The number of benzene rings is 1. The zero-order valence-electron chi connectivity index (χ0n) is 20.5. The van der Waals surface area contributed by atoms with Crippen LogP contribution in [0.15, 0.2) is 24.0 Å². The van der Waals surface area contributed by atoms with Crippen LogP contribution in [0.25, 0.3) is 0 Å². The maximum Gasteiger partial charge on any atom is 0.344 e. The Morgan fingerprint density at radius 1 is 1.19 bits per heavy atom. The second-order valence-corrected chi connectivity index (χ2v) is 10.0. The lowest BCUT2D eigenvalue weighted by Gasteiger charge is -2.61. The number of methoxy groups -OCH3 is 1. The molecule has 1 saturated heterocycles. The fraction of sp³-hybridized carbons (Fsp3) is 0.560. The number of hydrogen-bond donors (Lipinski definition) is 4. The van der Waals surface area contributed by atoms with Crippen molar-refractivity contribution in [3.63, 3.8) is 0 Å². The lowest BCUT2D eigenvalue weighted by atomic mass is 9.50. The molecule has 2 heterocycles. The van der Waals surface area contributed by atoms with Crippen LogP contribution < -0.4 is 9.47 Å². The Bertz CT molecular complexity index is 1200. The Balaban J connectivity index is 1.46. The monoisotopic (exact) mass is 519 g/mol. The first-order chi connectivity index (χ1) is 17.5. The van der Waals surface area contributed by atoms with Crippen molar-refractivity contribution in [3.8, 4) is 11.5 Å². The number of piperidine rings is 1. The van der Waals surface area contributed by atoms with Crippen molar-refractivity contribution in [1.29, 1.82) is 0 Å². The molecule has 2 aliphatic carbocycles. The van der Waals surface area contributed by atoms with Crippen LogP contribution in [0.1, 0.15) is 30.9 Å². The lowest BCUT2D eigenvalue weighted by Crippen LogP contribution is -2.74. The number of carbonyl (C=O) groups is 3. The highest BCUT2D eigenvalue weighted by Crippen LogP contribution is 2.65. The summed E-state index contributed by atoms with van der Waals surface area (Å²) >= 11 is 0. The van der Waals surface area contributed by atoms with Gasteiger partial charge in [-0.25, -0.2) is 14.4 Å². The van der Waals surface area contributed by atoms with Crippen LogP contribution in [0.2, 0.25) is 0 Å². The number of likely N-dealkylation sites (N-methyl/N-ethyl adjacent to an activating group) is 1. The highest BCUT2D eigenvalue weighted by molar-refractivity contribution is 5.87. The molecule has 200 valence electrons. The fourth-order valence-corrected chi connectivity index (χ4v) is 6.32. The van der Waals surface area contributed by atoms with Crippen LogP contribution in [0.5, 0.6) is 11.5 Å². The van der Waals surface area contributed by atoms with Gasteiger partial charge in [-0.15, -0.1) is 0 Å². The Morgan fingerprint density at radius 2 is 1.89 bits per heavy atom. The molecule has 4 N–H and O–H groups in total. The van der Waals surface area contributed by atoms with E-state index in [9.17, 15) is 29.7 Å². The molecule has 0 amide bonds. The molecule has 2 unspecified atom stereocenters. The normalized spacial score (nSPS) is 31.7. The third kappa shape index (κ3) is 3.46. The van der Waals surface area contributed by atoms with Crippen LogP contribution in [0.4, 0.5) is 0 Å². The van der Waals surface area contributed by atoms with Gasteiger partial charge in [0.1, 0.15) is 5.76 Å². The average Bonchev–Trinajstić information content (AvgIpc) is 3.22. The number of carboxylic acids is 1.